The summed E-state index contributed by atoms with van der Waals surface area (Å²) in [6.07, 6.45) is 0.799. The molecule has 6 nitrogen and oxygen atoms in total. The number of carbonyl (C=O) groups is 3. The molecule has 1 atom stereocenters. The summed E-state index contributed by atoms with van der Waals surface area (Å²) in [6.45, 7) is 2.53. The van der Waals surface area contributed by atoms with Crippen molar-refractivity contribution in [2.45, 2.75) is 25.8 Å². The number of nitrogens with one attached hydrogen (secondary N) is 1. The number of fused-ring (bicyclic) bond motifs is 1. The summed E-state index contributed by atoms with van der Waals surface area (Å²) in [5, 5.41) is 2.82. The number of halogens is 1. The zero-order chi connectivity index (χ0) is 17.0. The van der Waals surface area contributed by atoms with Crippen LogP contribution in [-0.2, 0) is 9.53 Å². The molecule has 1 aromatic rings. The zero-order valence-corrected chi connectivity index (χ0v) is 14.7. The SMILES string of the molecule is COCCC(C)NC(=O)CCN1C(=O)c2ccc(Br)cc2C1=O. The molecule has 1 aromatic carbocycles. The number of methoxy groups -OCH3 is 1. The van der Waals surface area contributed by atoms with Gasteiger partial charge in [-0.1, -0.05) is 15.9 Å². The van der Waals surface area contributed by atoms with E-state index in [1.165, 1.54) is 0 Å². The first kappa shape index (κ1) is 17.6. The van der Waals surface area contributed by atoms with Crippen molar-refractivity contribution in [3.05, 3.63) is 33.8 Å². The van der Waals surface area contributed by atoms with E-state index in [-0.39, 0.29) is 36.7 Å². The number of hydrogen-bond donors (Lipinski definition) is 1. The molecule has 0 fully saturated rings. The van der Waals surface area contributed by atoms with Gasteiger partial charge in [0.2, 0.25) is 5.91 Å². The highest BCUT2D eigenvalue weighted by Crippen LogP contribution is 2.26. The molecule has 1 aliphatic heterocycles. The first-order valence-electron chi connectivity index (χ1n) is 7.38. The molecule has 1 heterocycles. The molecule has 0 saturated carbocycles. The highest BCUT2D eigenvalue weighted by atomic mass is 79.9. The Morgan fingerprint density at radius 1 is 1.30 bits per heavy atom. The summed E-state index contributed by atoms with van der Waals surface area (Å²) >= 11 is 3.29. The number of benzene rings is 1. The Morgan fingerprint density at radius 3 is 2.70 bits per heavy atom. The molecule has 0 radical (unpaired) electrons. The number of carbonyl (C=O) groups excluding carboxylic acids is 3. The van der Waals surface area contributed by atoms with Gasteiger partial charge in [-0.05, 0) is 31.5 Å². The van der Waals surface area contributed by atoms with Gasteiger partial charge in [0, 0.05) is 37.2 Å². The molecule has 0 saturated heterocycles. The van der Waals surface area contributed by atoms with Crippen LogP contribution in [0.3, 0.4) is 0 Å². The Labute approximate surface area is 143 Å². The van der Waals surface area contributed by atoms with E-state index in [9.17, 15) is 14.4 Å². The highest BCUT2D eigenvalue weighted by Gasteiger charge is 2.35. The summed E-state index contributed by atoms with van der Waals surface area (Å²) in [7, 11) is 1.61. The fourth-order valence-corrected chi connectivity index (χ4v) is 2.75. The van der Waals surface area contributed by atoms with Crippen molar-refractivity contribution in [1.29, 1.82) is 0 Å². The van der Waals surface area contributed by atoms with Crippen molar-refractivity contribution in [3.63, 3.8) is 0 Å². The molecule has 0 spiro atoms. The predicted molar refractivity (Wildman–Crippen MR) is 88.2 cm³/mol. The monoisotopic (exact) mass is 382 g/mol. The van der Waals surface area contributed by atoms with Gasteiger partial charge in [-0.25, -0.2) is 0 Å². The van der Waals surface area contributed by atoms with Gasteiger partial charge in [0.05, 0.1) is 11.1 Å². The molecule has 7 heteroatoms. The molecule has 0 bridgehead atoms. The van der Waals surface area contributed by atoms with E-state index in [1.54, 1.807) is 25.3 Å². The van der Waals surface area contributed by atoms with Gasteiger partial charge in [0.15, 0.2) is 0 Å². The molecule has 1 aliphatic rings. The molecule has 124 valence electrons. The minimum absolute atomic E-state index is 0.0133. The van der Waals surface area contributed by atoms with Crippen molar-refractivity contribution in [2.24, 2.45) is 0 Å². The summed E-state index contributed by atoms with van der Waals surface area (Å²) in [6, 6.07) is 4.95. The fraction of sp³-hybridized carbons (Fsp3) is 0.438. The van der Waals surface area contributed by atoms with Crippen LogP contribution in [0.4, 0.5) is 0 Å². The Morgan fingerprint density at radius 2 is 2.00 bits per heavy atom. The Bertz CT molecular complexity index is 633. The first-order valence-corrected chi connectivity index (χ1v) is 8.17. The van der Waals surface area contributed by atoms with Crippen LogP contribution >= 0.6 is 15.9 Å². The normalized spacial score (nSPS) is 14.8. The van der Waals surface area contributed by atoms with Crippen molar-refractivity contribution >= 4 is 33.7 Å². The maximum atomic E-state index is 12.3. The summed E-state index contributed by atoms with van der Waals surface area (Å²) in [5.74, 6) is -0.893. The van der Waals surface area contributed by atoms with Crippen LogP contribution in [0, 0.1) is 0 Å². The van der Waals surface area contributed by atoms with Crippen LogP contribution in [0.5, 0.6) is 0 Å². The van der Waals surface area contributed by atoms with Crippen LogP contribution in [0.15, 0.2) is 22.7 Å². The van der Waals surface area contributed by atoms with Gasteiger partial charge >= 0.3 is 0 Å². The van der Waals surface area contributed by atoms with E-state index in [1.807, 2.05) is 6.92 Å². The smallest absolute Gasteiger partial charge is 0.261 e. The molecular formula is C16H19BrN2O4. The fourth-order valence-electron chi connectivity index (χ4n) is 2.39. The second kappa shape index (κ2) is 7.70. The van der Waals surface area contributed by atoms with Gasteiger partial charge in [-0.2, -0.15) is 0 Å². The maximum Gasteiger partial charge on any atom is 0.261 e. The average molecular weight is 383 g/mol. The van der Waals surface area contributed by atoms with Crippen LogP contribution in [0.1, 0.15) is 40.5 Å². The lowest BCUT2D eigenvalue weighted by Gasteiger charge is -2.16. The van der Waals surface area contributed by atoms with Crippen molar-refractivity contribution in [3.8, 4) is 0 Å². The van der Waals surface area contributed by atoms with Crippen molar-refractivity contribution < 1.29 is 19.1 Å². The Balaban J connectivity index is 1.91. The second-order valence-electron chi connectivity index (χ2n) is 5.45. The number of amides is 3. The van der Waals surface area contributed by atoms with E-state index in [2.05, 4.69) is 21.2 Å². The standard InChI is InChI=1S/C16H19BrN2O4/c1-10(6-8-23-2)18-14(20)5-7-19-15(21)12-4-3-11(17)9-13(12)16(19)22/h3-4,9-10H,5-8H2,1-2H3,(H,18,20). The van der Waals surface area contributed by atoms with E-state index < -0.39 is 0 Å². The third kappa shape index (κ3) is 4.17. The van der Waals surface area contributed by atoms with E-state index in [4.69, 9.17) is 4.74 Å². The maximum absolute atomic E-state index is 12.3. The molecule has 3 amide bonds. The minimum Gasteiger partial charge on any atom is -0.385 e. The number of hydrogen-bond acceptors (Lipinski definition) is 4. The molecule has 0 aromatic heterocycles. The second-order valence-corrected chi connectivity index (χ2v) is 6.37. The third-order valence-electron chi connectivity index (χ3n) is 3.66. The number of imide groups is 1. The van der Waals surface area contributed by atoms with Crippen LogP contribution in [-0.4, -0.2) is 48.9 Å². The molecule has 23 heavy (non-hydrogen) atoms. The average Bonchev–Trinajstić information content (AvgIpc) is 2.74. The Hall–Kier alpha value is -1.73. The van der Waals surface area contributed by atoms with E-state index in [0.29, 0.717) is 24.2 Å². The lowest BCUT2D eigenvalue weighted by molar-refractivity contribution is -0.121. The highest BCUT2D eigenvalue weighted by molar-refractivity contribution is 9.10. The van der Waals surface area contributed by atoms with Crippen molar-refractivity contribution in [1.82, 2.24) is 10.2 Å². The topological polar surface area (TPSA) is 75.7 Å². The minimum atomic E-state index is -0.355. The summed E-state index contributed by atoms with van der Waals surface area (Å²) < 4.78 is 5.70. The largest absolute Gasteiger partial charge is 0.385 e. The predicted octanol–water partition coefficient (Wildman–Crippen LogP) is 1.98. The number of ether oxygens (including phenoxy) is 1. The molecule has 1 unspecified atom stereocenters. The number of rotatable bonds is 7. The first-order chi connectivity index (χ1) is 10.9. The van der Waals surface area contributed by atoms with E-state index in [0.717, 1.165) is 9.37 Å². The van der Waals surface area contributed by atoms with Gasteiger partial charge in [0.25, 0.3) is 11.8 Å². The Kier molecular flexibility index (Phi) is 5.90. The van der Waals surface area contributed by atoms with E-state index >= 15 is 0 Å². The van der Waals surface area contributed by atoms with Gasteiger partial charge in [0.1, 0.15) is 0 Å². The van der Waals surface area contributed by atoms with Crippen LogP contribution in [0.25, 0.3) is 0 Å². The van der Waals surface area contributed by atoms with Gasteiger partial charge < -0.3 is 10.1 Å². The van der Waals surface area contributed by atoms with Crippen LogP contribution < -0.4 is 5.32 Å². The van der Waals surface area contributed by atoms with Crippen molar-refractivity contribution in [2.75, 3.05) is 20.3 Å². The lowest BCUT2D eigenvalue weighted by atomic mass is 10.1. The number of nitrogens with zero attached hydrogens (tertiary/aromatic N) is 1. The molecule has 0 aliphatic carbocycles. The third-order valence-corrected chi connectivity index (χ3v) is 4.15. The van der Waals surface area contributed by atoms with Gasteiger partial charge in [-0.3, -0.25) is 19.3 Å². The zero-order valence-electron chi connectivity index (χ0n) is 13.1. The van der Waals surface area contributed by atoms with Crippen LogP contribution in [0.2, 0.25) is 0 Å². The molecule has 2 rings (SSSR count). The molecular weight excluding hydrogens is 364 g/mol. The summed E-state index contributed by atoms with van der Waals surface area (Å²) in [4.78, 5) is 37.5. The lowest BCUT2D eigenvalue weighted by Crippen LogP contribution is -2.37. The van der Waals surface area contributed by atoms with Gasteiger partial charge in [-0.15, -0.1) is 0 Å². The quantitative estimate of drug-likeness (QED) is 0.731. The molecule has 1 N–H and O–H groups in total. The summed E-state index contributed by atoms with van der Waals surface area (Å²) in [5.41, 5.74) is 0.755.